The van der Waals surface area contributed by atoms with Gasteiger partial charge in [-0.1, -0.05) is 45.3 Å². The third-order valence-corrected chi connectivity index (χ3v) is 4.10. The molecule has 0 radical (unpaired) electrons. The zero-order valence-electron chi connectivity index (χ0n) is 10.9. The van der Waals surface area contributed by atoms with Gasteiger partial charge in [0.25, 0.3) is 0 Å². The van der Waals surface area contributed by atoms with Crippen LogP contribution in [0.3, 0.4) is 0 Å². The van der Waals surface area contributed by atoms with Gasteiger partial charge < -0.3 is 11.1 Å². The van der Waals surface area contributed by atoms with Crippen molar-refractivity contribution in [3.05, 3.63) is 0 Å². The summed E-state index contributed by atoms with van der Waals surface area (Å²) in [6.07, 6.45) is 5.48. The van der Waals surface area contributed by atoms with E-state index in [2.05, 4.69) is 12.2 Å². The van der Waals surface area contributed by atoms with E-state index < -0.39 is 0 Å². The van der Waals surface area contributed by atoms with E-state index in [1.165, 1.54) is 19.3 Å². The second-order valence-electron chi connectivity index (χ2n) is 5.16. The summed E-state index contributed by atoms with van der Waals surface area (Å²) >= 11 is 4.95. The monoisotopic (exact) mass is 256 g/mol. The first-order valence-electron chi connectivity index (χ1n) is 6.63. The Bertz CT molecular complexity index is 281. The van der Waals surface area contributed by atoms with Gasteiger partial charge in [0, 0.05) is 6.54 Å². The maximum absolute atomic E-state index is 12.0. The van der Waals surface area contributed by atoms with E-state index in [9.17, 15) is 4.79 Å². The van der Waals surface area contributed by atoms with Crippen molar-refractivity contribution in [1.82, 2.24) is 5.32 Å². The molecule has 17 heavy (non-hydrogen) atoms. The quantitative estimate of drug-likeness (QED) is 0.717. The van der Waals surface area contributed by atoms with Crippen LogP contribution in [0.25, 0.3) is 0 Å². The Labute approximate surface area is 110 Å². The number of nitrogens with one attached hydrogen (secondary N) is 1. The van der Waals surface area contributed by atoms with Crippen molar-refractivity contribution >= 4 is 23.1 Å². The Hall–Kier alpha value is -0.640. The molecule has 3 N–H and O–H groups in total. The minimum Gasteiger partial charge on any atom is -0.393 e. The maximum Gasteiger partial charge on any atom is 0.229 e. The lowest BCUT2D eigenvalue weighted by molar-refractivity contribution is -0.123. The first kappa shape index (κ1) is 14.4. The molecule has 1 aliphatic rings. The van der Waals surface area contributed by atoms with Gasteiger partial charge in [0.05, 0.1) is 10.9 Å². The Kier molecular flexibility index (Phi) is 5.89. The van der Waals surface area contributed by atoms with Crippen LogP contribution in [0.4, 0.5) is 0 Å². The lowest BCUT2D eigenvalue weighted by atomic mass is 9.97. The SMILES string of the molecule is CCCC(C(=O)NCC1CCCC1C)C(N)=S. The van der Waals surface area contributed by atoms with Crippen molar-refractivity contribution in [3.63, 3.8) is 0 Å². The summed E-state index contributed by atoms with van der Waals surface area (Å²) in [5.74, 6) is 1.09. The largest absolute Gasteiger partial charge is 0.393 e. The molecule has 4 heteroatoms. The number of amides is 1. The molecule has 0 aromatic carbocycles. The molecular weight excluding hydrogens is 232 g/mol. The van der Waals surface area contributed by atoms with Crippen molar-refractivity contribution in [3.8, 4) is 0 Å². The Morgan fingerprint density at radius 3 is 2.71 bits per heavy atom. The molecule has 3 nitrogen and oxygen atoms in total. The van der Waals surface area contributed by atoms with Gasteiger partial charge in [-0.25, -0.2) is 0 Å². The number of rotatable bonds is 6. The van der Waals surface area contributed by atoms with E-state index in [4.69, 9.17) is 18.0 Å². The number of carbonyl (C=O) groups is 1. The summed E-state index contributed by atoms with van der Waals surface area (Å²) in [5.41, 5.74) is 5.61. The van der Waals surface area contributed by atoms with Gasteiger partial charge in [-0.3, -0.25) is 4.79 Å². The van der Waals surface area contributed by atoms with Gasteiger partial charge in [0.15, 0.2) is 0 Å². The first-order valence-corrected chi connectivity index (χ1v) is 7.04. The van der Waals surface area contributed by atoms with E-state index in [-0.39, 0.29) is 11.8 Å². The summed E-state index contributed by atoms with van der Waals surface area (Å²) in [7, 11) is 0. The lowest BCUT2D eigenvalue weighted by Crippen LogP contribution is -2.40. The minimum absolute atomic E-state index is 0.0125. The average Bonchev–Trinajstić information content (AvgIpc) is 2.68. The van der Waals surface area contributed by atoms with Crippen molar-refractivity contribution in [2.75, 3.05) is 6.54 Å². The third-order valence-electron chi connectivity index (χ3n) is 3.81. The molecule has 1 fully saturated rings. The molecule has 0 aromatic rings. The number of carbonyl (C=O) groups excluding carboxylic acids is 1. The average molecular weight is 256 g/mol. The van der Waals surface area contributed by atoms with Crippen molar-refractivity contribution in [2.24, 2.45) is 23.5 Å². The highest BCUT2D eigenvalue weighted by Gasteiger charge is 2.25. The molecule has 0 heterocycles. The van der Waals surface area contributed by atoms with Crippen molar-refractivity contribution in [2.45, 2.75) is 46.0 Å². The summed E-state index contributed by atoms with van der Waals surface area (Å²) in [4.78, 5) is 12.3. The van der Waals surface area contributed by atoms with Crippen LogP contribution in [0.15, 0.2) is 0 Å². The van der Waals surface area contributed by atoms with Crippen LogP contribution in [0.5, 0.6) is 0 Å². The molecule has 0 saturated heterocycles. The highest BCUT2D eigenvalue weighted by atomic mass is 32.1. The van der Waals surface area contributed by atoms with Crippen LogP contribution in [0.2, 0.25) is 0 Å². The molecule has 98 valence electrons. The highest BCUT2D eigenvalue weighted by Crippen LogP contribution is 2.30. The van der Waals surface area contributed by atoms with Crippen LogP contribution in [-0.4, -0.2) is 17.4 Å². The van der Waals surface area contributed by atoms with E-state index >= 15 is 0 Å². The fourth-order valence-corrected chi connectivity index (χ4v) is 2.80. The van der Waals surface area contributed by atoms with Crippen LogP contribution in [0, 0.1) is 17.8 Å². The predicted octanol–water partition coefficient (Wildman–Crippen LogP) is 2.24. The summed E-state index contributed by atoms with van der Waals surface area (Å²) in [6, 6.07) is 0. The Morgan fingerprint density at radius 1 is 1.53 bits per heavy atom. The van der Waals surface area contributed by atoms with Crippen molar-refractivity contribution < 1.29 is 4.79 Å². The normalized spacial score (nSPS) is 25.5. The van der Waals surface area contributed by atoms with Crippen LogP contribution in [0.1, 0.15) is 46.0 Å². The standard InChI is InChI=1S/C13H24N2OS/c1-3-5-11(12(14)17)13(16)15-8-10-7-4-6-9(10)2/h9-11H,3-8H2,1-2H3,(H2,14,17)(H,15,16). The second kappa shape index (κ2) is 6.94. The Morgan fingerprint density at radius 2 is 2.24 bits per heavy atom. The van der Waals surface area contributed by atoms with Crippen LogP contribution < -0.4 is 11.1 Å². The zero-order valence-corrected chi connectivity index (χ0v) is 11.7. The topological polar surface area (TPSA) is 55.1 Å². The van der Waals surface area contributed by atoms with Crippen LogP contribution >= 0.6 is 12.2 Å². The molecular formula is C13H24N2OS. The zero-order chi connectivity index (χ0) is 12.8. The van der Waals surface area contributed by atoms with Gasteiger partial charge in [-0.2, -0.15) is 0 Å². The van der Waals surface area contributed by atoms with Gasteiger partial charge >= 0.3 is 0 Å². The minimum atomic E-state index is -0.285. The first-order chi connectivity index (χ1) is 8.06. The van der Waals surface area contributed by atoms with E-state index in [0.29, 0.717) is 10.9 Å². The molecule has 1 saturated carbocycles. The number of thiocarbonyl (C=S) groups is 1. The molecule has 3 unspecified atom stereocenters. The number of hydrogen-bond acceptors (Lipinski definition) is 2. The fourth-order valence-electron chi connectivity index (χ4n) is 2.57. The molecule has 0 spiro atoms. The molecule has 0 aliphatic heterocycles. The number of nitrogens with two attached hydrogens (primary N) is 1. The third kappa shape index (κ3) is 4.26. The van der Waals surface area contributed by atoms with Gasteiger partial charge in [0.1, 0.15) is 0 Å². The molecule has 1 amide bonds. The summed E-state index contributed by atoms with van der Waals surface area (Å²) < 4.78 is 0. The molecule has 1 rings (SSSR count). The number of hydrogen-bond donors (Lipinski definition) is 2. The summed E-state index contributed by atoms with van der Waals surface area (Å²) in [5, 5.41) is 3.01. The molecule has 0 aromatic heterocycles. The summed E-state index contributed by atoms with van der Waals surface area (Å²) in [6.45, 7) is 5.08. The van der Waals surface area contributed by atoms with Crippen LogP contribution in [-0.2, 0) is 4.79 Å². The maximum atomic E-state index is 12.0. The molecule has 1 aliphatic carbocycles. The van der Waals surface area contributed by atoms with Gasteiger partial charge in [-0.05, 0) is 24.7 Å². The van der Waals surface area contributed by atoms with Gasteiger partial charge in [-0.15, -0.1) is 0 Å². The Balaban J connectivity index is 2.39. The predicted molar refractivity (Wildman–Crippen MR) is 74.7 cm³/mol. The molecule has 3 atom stereocenters. The van der Waals surface area contributed by atoms with Gasteiger partial charge in [0.2, 0.25) is 5.91 Å². The van der Waals surface area contributed by atoms with E-state index in [1.54, 1.807) is 0 Å². The lowest BCUT2D eigenvalue weighted by Gasteiger charge is -2.19. The fraction of sp³-hybridized carbons (Fsp3) is 0.846. The second-order valence-corrected chi connectivity index (χ2v) is 5.63. The van der Waals surface area contributed by atoms with E-state index in [0.717, 1.165) is 25.3 Å². The highest BCUT2D eigenvalue weighted by molar-refractivity contribution is 7.80. The molecule has 0 bridgehead atoms. The van der Waals surface area contributed by atoms with E-state index in [1.807, 2.05) is 6.92 Å². The van der Waals surface area contributed by atoms with Crippen molar-refractivity contribution in [1.29, 1.82) is 0 Å². The smallest absolute Gasteiger partial charge is 0.229 e.